The van der Waals surface area contributed by atoms with Crippen molar-refractivity contribution >= 4 is 95.6 Å². The number of aliphatic hydroxyl groups is 1. The number of halogens is 6. The molecular formula is C5H6Br6O. The molecule has 0 atom stereocenters. The van der Waals surface area contributed by atoms with E-state index in [1.807, 2.05) is 6.92 Å². The standard InChI is InChI=1S/C5H6Br6O/c1-3(6,7)5(10,11)4(8,9)2-12/h12H,2H2,1H3. The van der Waals surface area contributed by atoms with E-state index in [0.29, 0.717) is 0 Å². The van der Waals surface area contributed by atoms with Gasteiger partial charge >= 0.3 is 0 Å². The minimum absolute atomic E-state index is 0.0731. The molecule has 0 spiro atoms. The lowest BCUT2D eigenvalue weighted by atomic mass is 10.2. The molecule has 0 saturated carbocycles. The summed E-state index contributed by atoms with van der Waals surface area (Å²) in [4.78, 5) is 0. The van der Waals surface area contributed by atoms with Crippen LogP contribution in [0.2, 0.25) is 0 Å². The molecule has 0 aromatic heterocycles. The van der Waals surface area contributed by atoms with Crippen molar-refractivity contribution < 1.29 is 5.11 Å². The number of hydrogen-bond acceptors (Lipinski definition) is 1. The van der Waals surface area contributed by atoms with Crippen LogP contribution in [0, 0.1) is 0 Å². The highest BCUT2D eigenvalue weighted by molar-refractivity contribution is 9.33. The molecule has 0 aromatic rings. The van der Waals surface area contributed by atoms with E-state index >= 15 is 0 Å². The minimum atomic E-state index is -0.658. The second kappa shape index (κ2) is 4.78. The molecule has 0 amide bonds. The Hall–Kier alpha value is 2.84. The topological polar surface area (TPSA) is 20.2 Å². The Balaban J connectivity index is 4.85. The smallest absolute Gasteiger partial charge is 0.132 e. The summed E-state index contributed by atoms with van der Waals surface area (Å²) < 4.78 is -1.65. The fraction of sp³-hybridized carbons (Fsp3) is 1.00. The van der Waals surface area contributed by atoms with Crippen molar-refractivity contribution in [1.82, 2.24) is 0 Å². The first-order valence-corrected chi connectivity index (χ1v) is 7.56. The van der Waals surface area contributed by atoms with Crippen molar-refractivity contribution in [2.45, 2.75) is 16.6 Å². The molecule has 0 fully saturated rings. The van der Waals surface area contributed by atoms with Crippen LogP contribution in [0.1, 0.15) is 6.92 Å². The van der Waals surface area contributed by atoms with Gasteiger partial charge in [0.15, 0.2) is 0 Å². The Labute approximate surface area is 122 Å². The maximum absolute atomic E-state index is 9.10. The molecule has 0 saturated heterocycles. The molecule has 0 aromatic carbocycles. The van der Waals surface area contributed by atoms with Crippen LogP contribution >= 0.6 is 95.6 Å². The van der Waals surface area contributed by atoms with E-state index in [4.69, 9.17) is 5.11 Å². The fourth-order valence-corrected chi connectivity index (χ4v) is 3.21. The fourth-order valence-electron chi connectivity index (χ4n) is 0.420. The van der Waals surface area contributed by atoms with E-state index in [1.165, 1.54) is 0 Å². The third kappa shape index (κ3) is 3.17. The zero-order valence-corrected chi connectivity index (χ0v) is 15.4. The molecule has 0 radical (unpaired) electrons. The Morgan fingerprint density at radius 2 is 1.33 bits per heavy atom. The van der Waals surface area contributed by atoms with Crippen LogP contribution in [-0.2, 0) is 0 Å². The normalized spacial score (nSPS) is 15.0. The lowest BCUT2D eigenvalue weighted by Gasteiger charge is -2.40. The van der Waals surface area contributed by atoms with Gasteiger partial charge in [-0.3, -0.25) is 0 Å². The SMILES string of the molecule is CC(Br)(Br)C(Br)(Br)C(Br)(Br)CO. The number of alkyl halides is 6. The van der Waals surface area contributed by atoms with Gasteiger partial charge in [-0.05, 0) is 6.92 Å². The Kier molecular flexibility index (Phi) is 5.92. The van der Waals surface area contributed by atoms with Crippen molar-refractivity contribution in [2.24, 2.45) is 0 Å². The highest BCUT2D eigenvalue weighted by Crippen LogP contribution is 2.59. The van der Waals surface area contributed by atoms with Crippen molar-refractivity contribution in [3.05, 3.63) is 0 Å². The maximum atomic E-state index is 9.10. The van der Waals surface area contributed by atoms with Crippen LogP contribution in [-0.4, -0.2) is 21.4 Å². The molecule has 0 aliphatic heterocycles. The average molecular weight is 562 g/mol. The average Bonchev–Trinajstić information content (AvgIpc) is 1.85. The van der Waals surface area contributed by atoms with Crippen LogP contribution in [0.4, 0.5) is 0 Å². The molecule has 12 heavy (non-hydrogen) atoms. The molecule has 0 aliphatic carbocycles. The number of aliphatic hydroxyl groups excluding tert-OH is 1. The van der Waals surface area contributed by atoms with E-state index in [2.05, 4.69) is 95.6 Å². The van der Waals surface area contributed by atoms with Gasteiger partial charge in [0.2, 0.25) is 0 Å². The Morgan fingerprint density at radius 1 is 1.00 bits per heavy atom. The van der Waals surface area contributed by atoms with Gasteiger partial charge in [-0.2, -0.15) is 0 Å². The summed E-state index contributed by atoms with van der Waals surface area (Å²) in [6.45, 7) is 1.83. The third-order valence-corrected chi connectivity index (χ3v) is 11.3. The van der Waals surface area contributed by atoms with Crippen LogP contribution in [0.3, 0.4) is 0 Å². The summed E-state index contributed by atoms with van der Waals surface area (Å²) in [6, 6.07) is 0. The quantitative estimate of drug-likeness (QED) is 0.505. The lowest BCUT2D eigenvalue weighted by Crippen LogP contribution is -2.48. The zero-order valence-electron chi connectivity index (χ0n) is 5.92. The third-order valence-electron chi connectivity index (χ3n) is 1.21. The largest absolute Gasteiger partial charge is 0.394 e. The lowest BCUT2D eigenvalue weighted by molar-refractivity contribution is 0.283. The van der Waals surface area contributed by atoms with Crippen molar-refractivity contribution in [1.29, 1.82) is 0 Å². The Morgan fingerprint density at radius 3 is 1.42 bits per heavy atom. The molecule has 74 valence electrons. The molecule has 0 bridgehead atoms. The van der Waals surface area contributed by atoms with Gasteiger partial charge in [0, 0.05) is 0 Å². The van der Waals surface area contributed by atoms with Crippen molar-refractivity contribution in [2.75, 3.05) is 6.61 Å². The van der Waals surface area contributed by atoms with Gasteiger partial charge in [0.25, 0.3) is 0 Å². The number of hydrogen-bond donors (Lipinski definition) is 1. The first kappa shape index (κ1) is 14.8. The van der Waals surface area contributed by atoms with Gasteiger partial charge in [0.1, 0.15) is 9.70 Å². The summed E-state index contributed by atoms with van der Waals surface area (Å²) in [5.41, 5.74) is 0. The van der Waals surface area contributed by atoms with Crippen LogP contribution in [0.25, 0.3) is 0 Å². The predicted octanol–water partition coefficient (Wildman–Crippen LogP) is 4.46. The van der Waals surface area contributed by atoms with E-state index in [9.17, 15) is 0 Å². The predicted molar refractivity (Wildman–Crippen MR) is 74.5 cm³/mol. The second-order valence-corrected chi connectivity index (χ2v) is 13.8. The molecular weight excluding hydrogens is 555 g/mol. The zero-order chi connectivity index (χ0) is 10.2. The molecule has 0 aliphatic rings. The maximum Gasteiger partial charge on any atom is 0.132 e. The Bertz CT molecular complexity index is 160. The highest BCUT2D eigenvalue weighted by Gasteiger charge is 2.54. The first-order valence-electron chi connectivity index (χ1n) is 2.80. The van der Waals surface area contributed by atoms with E-state index in [1.54, 1.807) is 0 Å². The molecule has 1 N–H and O–H groups in total. The first-order chi connectivity index (χ1) is 5.06. The van der Waals surface area contributed by atoms with Crippen LogP contribution in [0.15, 0.2) is 0 Å². The van der Waals surface area contributed by atoms with E-state index in [0.717, 1.165) is 0 Å². The van der Waals surface area contributed by atoms with E-state index in [-0.39, 0.29) is 6.61 Å². The molecule has 0 unspecified atom stereocenters. The summed E-state index contributed by atoms with van der Waals surface area (Å²) >= 11 is 20.5. The van der Waals surface area contributed by atoms with Crippen LogP contribution in [0.5, 0.6) is 0 Å². The molecule has 7 heteroatoms. The number of rotatable bonds is 3. The molecule has 0 heterocycles. The van der Waals surface area contributed by atoms with Crippen LogP contribution < -0.4 is 0 Å². The summed E-state index contributed by atoms with van der Waals surface area (Å²) in [6.07, 6.45) is 0. The second-order valence-electron chi connectivity index (χ2n) is 2.33. The summed E-state index contributed by atoms with van der Waals surface area (Å²) in [7, 11) is 0. The van der Waals surface area contributed by atoms with Gasteiger partial charge in [-0.25, -0.2) is 0 Å². The van der Waals surface area contributed by atoms with Crippen molar-refractivity contribution in [3.63, 3.8) is 0 Å². The van der Waals surface area contributed by atoms with Gasteiger partial charge < -0.3 is 5.11 Å². The summed E-state index contributed by atoms with van der Waals surface area (Å²) in [5.74, 6) is 0. The van der Waals surface area contributed by atoms with Crippen molar-refractivity contribution in [3.8, 4) is 0 Å². The van der Waals surface area contributed by atoms with Gasteiger partial charge in [-0.1, -0.05) is 95.6 Å². The summed E-state index contributed by atoms with van der Waals surface area (Å²) in [5, 5.41) is 9.10. The van der Waals surface area contributed by atoms with E-state index < -0.39 is 9.70 Å². The molecule has 1 nitrogen and oxygen atoms in total. The molecule has 0 rings (SSSR count). The monoisotopic (exact) mass is 556 g/mol. The minimum Gasteiger partial charge on any atom is -0.394 e. The highest BCUT2D eigenvalue weighted by atomic mass is 79.9. The van der Waals surface area contributed by atoms with Gasteiger partial charge in [-0.15, -0.1) is 0 Å². The van der Waals surface area contributed by atoms with Gasteiger partial charge in [0.05, 0.1) is 6.61 Å².